The van der Waals surface area contributed by atoms with Gasteiger partial charge in [-0.2, -0.15) is 0 Å². The van der Waals surface area contributed by atoms with E-state index in [0.717, 1.165) is 18.5 Å². The van der Waals surface area contributed by atoms with Gasteiger partial charge in [-0.15, -0.1) is 0 Å². The highest BCUT2D eigenvalue weighted by molar-refractivity contribution is 5.69. The van der Waals surface area contributed by atoms with Crippen molar-refractivity contribution >= 4 is 6.09 Å². The topological polar surface area (TPSA) is 29.5 Å². The molecular formula is C15H17NO2. The Balaban J connectivity index is 1.57. The Bertz CT molecular complexity index is 455. The molecule has 0 aromatic heterocycles. The lowest BCUT2D eigenvalue weighted by Crippen LogP contribution is -2.50. The Morgan fingerprint density at radius 2 is 2.11 bits per heavy atom. The minimum atomic E-state index is -0.182. The van der Waals surface area contributed by atoms with Crippen LogP contribution in [-0.4, -0.2) is 23.6 Å². The summed E-state index contributed by atoms with van der Waals surface area (Å²) in [4.78, 5) is 13.9. The van der Waals surface area contributed by atoms with Gasteiger partial charge in [0.1, 0.15) is 6.61 Å². The van der Waals surface area contributed by atoms with E-state index in [9.17, 15) is 4.79 Å². The first-order valence-corrected chi connectivity index (χ1v) is 6.50. The highest BCUT2D eigenvalue weighted by atomic mass is 16.6. The molecule has 1 amide bonds. The number of likely N-dealkylation sites (tertiary alicyclic amines) is 1. The largest absolute Gasteiger partial charge is 0.445 e. The molecule has 0 radical (unpaired) electrons. The smallest absolute Gasteiger partial charge is 0.410 e. The second-order valence-corrected chi connectivity index (χ2v) is 4.92. The van der Waals surface area contributed by atoms with Crippen LogP contribution in [0.4, 0.5) is 4.79 Å². The van der Waals surface area contributed by atoms with E-state index >= 15 is 0 Å². The third-order valence-corrected chi connectivity index (χ3v) is 3.73. The minimum Gasteiger partial charge on any atom is -0.445 e. The number of fused-ring (bicyclic) bond motifs is 1. The number of hydrogen-bond acceptors (Lipinski definition) is 2. The van der Waals surface area contributed by atoms with Crippen molar-refractivity contribution in [3.05, 3.63) is 48.0 Å². The van der Waals surface area contributed by atoms with Crippen molar-refractivity contribution < 1.29 is 9.53 Å². The number of amides is 1. The second kappa shape index (κ2) is 4.84. The first-order valence-electron chi connectivity index (χ1n) is 6.50. The van der Waals surface area contributed by atoms with Gasteiger partial charge in [-0.3, -0.25) is 0 Å². The van der Waals surface area contributed by atoms with Gasteiger partial charge in [0.25, 0.3) is 0 Å². The van der Waals surface area contributed by atoms with Crippen molar-refractivity contribution in [1.29, 1.82) is 0 Å². The van der Waals surface area contributed by atoms with Crippen molar-refractivity contribution in [1.82, 2.24) is 4.90 Å². The summed E-state index contributed by atoms with van der Waals surface area (Å²) < 4.78 is 5.37. The zero-order chi connectivity index (χ0) is 12.4. The first kappa shape index (κ1) is 11.3. The Labute approximate surface area is 107 Å². The van der Waals surface area contributed by atoms with Crippen LogP contribution in [0, 0.1) is 5.92 Å². The van der Waals surface area contributed by atoms with Crippen LogP contribution in [-0.2, 0) is 11.3 Å². The maximum atomic E-state index is 12.0. The third-order valence-electron chi connectivity index (χ3n) is 3.73. The summed E-state index contributed by atoms with van der Waals surface area (Å²) in [5.41, 5.74) is 1.03. The highest BCUT2D eigenvalue weighted by Crippen LogP contribution is 2.32. The van der Waals surface area contributed by atoms with Crippen LogP contribution >= 0.6 is 0 Å². The van der Waals surface area contributed by atoms with Gasteiger partial charge in [0.15, 0.2) is 0 Å². The maximum Gasteiger partial charge on any atom is 0.410 e. The Morgan fingerprint density at radius 3 is 2.83 bits per heavy atom. The maximum absolute atomic E-state index is 12.0. The standard InChI is InChI=1S/C15H17NO2/c17-15(18-11-12-5-2-1-3-6-12)16-10-4-7-13-8-9-14(13)16/h1-3,5-6,8-9,13-14H,4,7,10-11H2. The lowest BCUT2D eigenvalue weighted by molar-refractivity contribution is 0.0628. The summed E-state index contributed by atoms with van der Waals surface area (Å²) in [7, 11) is 0. The molecule has 0 bridgehead atoms. The third kappa shape index (κ3) is 2.13. The van der Waals surface area contributed by atoms with E-state index in [1.165, 1.54) is 6.42 Å². The van der Waals surface area contributed by atoms with Gasteiger partial charge >= 0.3 is 6.09 Å². The minimum absolute atomic E-state index is 0.182. The Kier molecular flexibility index (Phi) is 3.05. The summed E-state index contributed by atoms with van der Waals surface area (Å²) in [5.74, 6) is 0.558. The number of carbonyl (C=O) groups excluding carboxylic acids is 1. The molecule has 2 atom stereocenters. The van der Waals surface area contributed by atoms with Gasteiger partial charge in [-0.25, -0.2) is 4.79 Å². The van der Waals surface area contributed by atoms with Crippen LogP contribution in [0.2, 0.25) is 0 Å². The van der Waals surface area contributed by atoms with Gasteiger partial charge < -0.3 is 9.64 Å². The summed E-state index contributed by atoms with van der Waals surface area (Å²) in [6.07, 6.45) is 6.39. The molecule has 1 aliphatic carbocycles. The SMILES string of the molecule is O=C(OCc1ccccc1)N1CCCC2C=CC21. The number of hydrogen-bond donors (Lipinski definition) is 0. The van der Waals surface area contributed by atoms with E-state index in [-0.39, 0.29) is 12.1 Å². The molecule has 1 aromatic rings. The molecule has 2 unspecified atom stereocenters. The van der Waals surface area contributed by atoms with Crippen LogP contribution in [0.5, 0.6) is 0 Å². The molecule has 0 saturated carbocycles. The predicted octanol–water partition coefficient (Wildman–Crippen LogP) is 2.97. The molecule has 0 N–H and O–H groups in total. The highest BCUT2D eigenvalue weighted by Gasteiger charge is 2.36. The molecule has 3 nitrogen and oxygen atoms in total. The van der Waals surface area contributed by atoms with Crippen molar-refractivity contribution in [2.24, 2.45) is 5.92 Å². The summed E-state index contributed by atoms with van der Waals surface area (Å²) in [6, 6.07) is 10.1. The molecule has 1 saturated heterocycles. The van der Waals surface area contributed by atoms with E-state index in [2.05, 4.69) is 12.2 Å². The van der Waals surface area contributed by atoms with E-state index in [0.29, 0.717) is 12.5 Å². The number of benzene rings is 1. The molecule has 94 valence electrons. The van der Waals surface area contributed by atoms with Crippen LogP contribution in [0.1, 0.15) is 18.4 Å². The fraction of sp³-hybridized carbons (Fsp3) is 0.400. The Hall–Kier alpha value is -1.77. The quantitative estimate of drug-likeness (QED) is 0.747. The lowest BCUT2D eigenvalue weighted by atomic mass is 9.81. The molecule has 3 rings (SSSR count). The van der Waals surface area contributed by atoms with Gasteiger partial charge in [0, 0.05) is 12.5 Å². The van der Waals surface area contributed by atoms with E-state index in [1.807, 2.05) is 35.2 Å². The zero-order valence-electron chi connectivity index (χ0n) is 10.3. The van der Waals surface area contributed by atoms with Crippen LogP contribution in [0.3, 0.4) is 0 Å². The fourth-order valence-corrected chi connectivity index (χ4v) is 2.63. The molecule has 1 heterocycles. The molecule has 18 heavy (non-hydrogen) atoms. The molecular weight excluding hydrogens is 226 g/mol. The summed E-state index contributed by atoms with van der Waals surface area (Å²) in [6.45, 7) is 1.18. The van der Waals surface area contributed by atoms with Crippen molar-refractivity contribution in [2.45, 2.75) is 25.5 Å². The van der Waals surface area contributed by atoms with Crippen LogP contribution in [0.15, 0.2) is 42.5 Å². The van der Waals surface area contributed by atoms with E-state index < -0.39 is 0 Å². The van der Waals surface area contributed by atoms with E-state index in [1.54, 1.807) is 0 Å². The molecule has 1 fully saturated rings. The second-order valence-electron chi connectivity index (χ2n) is 4.92. The Morgan fingerprint density at radius 1 is 1.28 bits per heavy atom. The number of rotatable bonds is 2. The fourth-order valence-electron chi connectivity index (χ4n) is 2.63. The average Bonchev–Trinajstić information content (AvgIpc) is 2.38. The predicted molar refractivity (Wildman–Crippen MR) is 69.0 cm³/mol. The molecule has 2 aliphatic rings. The number of carbonyl (C=O) groups is 1. The zero-order valence-corrected chi connectivity index (χ0v) is 10.3. The van der Waals surface area contributed by atoms with Gasteiger partial charge in [0.2, 0.25) is 0 Å². The van der Waals surface area contributed by atoms with Crippen molar-refractivity contribution in [3.63, 3.8) is 0 Å². The molecule has 1 aliphatic heterocycles. The first-order chi connectivity index (χ1) is 8.84. The van der Waals surface area contributed by atoms with Crippen LogP contribution in [0.25, 0.3) is 0 Å². The van der Waals surface area contributed by atoms with Gasteiger partial charge in [-0.05, 0) is 18.4 Å². The summed E-state index contributed by atoms with van der Waals surface area (Å²) >= 11 is 0. The van der Waals surface area contributed by atoms with Gasteiger partial charge in [-0.1, -0.05) is 42.5 Å². The molecule has 3 heteroatoms. The number of ether oxygens (including phenoxy) is 1. The van der Waals surface area contributed by atoms with Crippen molar-refractivity contribution in [3.8, 4) is 0 Å². The molecule has 1 aromatic carbocycles. The van der Waals surface area contributed by atoms with E-state index in [4.69, 9.17) is 4.74 Å². The van der Waals surface area contributed by atoms with Crippen LogP contribution < -0.4 is 0 Å². The normalized spacial score (nSPS) is 25.2. The van der Waals surface area contributed by atoms with Crippen molar-refractivity contribution in [2.75, 3.05) is 6.54 Å². The lowest BCUT2D eigenvalue weighted by Gasteiger charge is -2.42. The number of nitrogens with zero attached hydrogens (tertiary/aromatic N) is 1. The molecule has 0 spiro atoms. The monoisotopic (exact) mass is 243 g/mol. The summed E-state index contributed by atoms with van der Waals surface area (Å²) in [5, 5.41) is 0. The average molecular weight is 243 g/mol. The van der Waals surface area contributed by atoms with Gasteiger partial charge in [0.05, 0.1) is 6.04 Å². The number of piperidine rings is 1.